The molecule has 0 aliphatic carbocycles. The molecule has 0 N–H and O–H groups in total. The molecule has 1 aliphatic heterocycles. The van der Waals surface area contributed by atoms with Crippen LogP contribution in [0.15, 0.2) is 60.7 Å². The van der Waals surface area contributed by atoms with Gasteiger partial charge in [-0.2, -0.15) is 0 Å². The lowest BCUT2D eigenvalue weighted by atomic mass is 9.96. The summed E-state index contributed by atoms with van der Waals surface area (Å²) < 4.78 is 13.9. The van der Waals surface area contributed by atoms with Crippen LogP contribution in [-0.4, -0.2) is 11.4 Å². The van der Waals surface area contributed by atoms with Crippen molar-refractivity contribution in [1.82, 2.24) is 4.57 Å². The van der Waals surface area contributed by atoms with Crippen LogP contribution in [-0.2, 0) is 6.54 Å². The number of fused-ring (bicyclic) bond motifs is 9. The van der Waals surface area contributed by atoms with E-state index < -0.39 is 0 Å². The number of hydrogen-bond donors (Lipinski definition) is 0. The third kappa shape index (κ3) is 2.04. The molecule has 3 heteroatoms. The normalized spacial score (nSPS) is 13.3. The molecule has 5 aromatic rings. The van der Waals surface area contributed by atoms with Gasteiger partial charge in [-0.3, -0.25) is 0 Å². The van der Waals surface area contributed by atoms with Gasteiger partial charge in [-0.25, -0.2) is 0 Å². The van der Waals surface area contributed by atoms with E-state index in [1.165, 1.54) is 56.2 Å². The van der Waals surface area contributed by atoms with E-state index in [-0.39, 0.29) is 0 Å². The van der Waals surface area contributed by atoms with Crippen LogP contribution >= 0.6 is 0 Å². The van der Waals surface area contributed by atoms with Crippen LogP contribution in [0.3, 0.4) is 0 Å². The van der Waals surface area contributed by atoms with Crippen LogP contribution in [0.1, 0.15) is 19.8 Å². The number of hydrogen-bond acceptors (Lipinski definition) is 2. The zero-order chi connectivity index (χ0) is 18.7. The highest BCUT2D eigenvalue weighted by molar-refractivity contribution is 6.32. The van der Waals surface area contributed by atoms with Gasteiger partial charge in [0.1, 0.15) is 0 Å². The van der Waals surface area contributed by atoms with Crippen LogP contribution in [0.2, 0.25) is 0 Å². The fraction of sp³-hybridized carbons (Fsp3) is 0.200. The largest absolute Gasteiger partial charge is 0.454 e. The second kappa shape index (κ2) is 5.90. The van der Waals surface area contributed by atoms with Crippen molar-refractivity contribution in [2.24, 2.45) is 0 Å². The molecule has 6 rings (SSSR count). The number of rotatable bonds is 3. The molecule has 0 amide bonds. The van der Waals surface area contributed by atoms with Gasteiger partial charge in [-0.05, 0) is 40.8 Å². The van der Waals surface area contributed by atoms with Crippen LogP contribution in [0.4, 0.5) is 0 Å². The quantitative estimate of drug-likeness (QED) is 0.334. The van der Waals surface area contributed by atoms with Gasteiger partial charge in [0.15, 0.2) is 11.5 Å². The minimum atomic E-state index is 0.297. The molecule has 0 radical (unpaired) electrons. The molecular formula is C25H21NO2. The maximum atomic E-state index is 5.72. The summed E-state index contributed by atoms with van der Waals surface area (Å²) in [5.74, 6) is 1.68. The molecule has 0 bridgehead atoms. The predicted molar refractivity (Wildman–Crippen MR) is 115 cm³/mol. The Kier molecular flexibility index (Phi) is 3.33. The number of para-hydroxylation sites is 1. The van der Waals surface area contributed by atoms with Gasteiger partial charge in [-0.15, -0.1) is 0 Å². The second-order valence-electron chi connectivity index (χ2n) is 7.54. The Morgan fingerprint density at radius 1 is 0.786 bits per heavy atom. The van der Waals surface area contributed by atoms with Gasteiger partial charge in [0.25, 0.3) is 0 Å². The average Bonchev–Trinajstić information content (AvgIpc) is 3.33. The van der Waals surface area contributed by atoms with E-state index in [0.29, 0.717) is 6.79 Å². The smallest absolute Gasteiger partial charge is 0.231 e. The number of aromatic nitrogens is 1. The predicted octanol–water partition coefficient (Wildman–Crippen LogP) is 6.63. The summed E-state index contributed by atoms with van der Waals surface area (Å²) in [5, 5.41) is 7.66. The maximum Gasteiger partial charge on any atom is 0.231 e. The lowest BCUT2D eigenvalue weighted by Crippen LogP contribution is -1.97. The van der Waals surface area contributed by atoms with E-state index in [1.807, 2.05) is 0 Å². The molecule has 0 atom stereocenters. The molecule has 0 unspecified atom stereocenters. The van der Waals surface area contributed by atoms with Crippen LogP contribution < -0.4 is 9.47 Å². The monoisotopic (exact) mass is 367 g/mol. The van der Waals surface area contributed by atoms with Gasteiger partial charge in [0, 0.05) is 28.2 Å². The zero-order valence-corrected chi connectivity index (χ0v) is 15.9. The highest BCUT2D eigenvalue weighted by atomic mass is 16.7. The third-order valence-electron chi connectivity index (χ3n) is 5.96. The molecule has 138 valence electrons. The first kappa shape index (κ1) is 15.8. The average molecular weight is 367 g/mol. The lowest BCUT2D eigenvalue weighted by Gasteiger charge is -2.12. The first-order valence-corrected chi connectivity index (χ1v) is 10.0. The lowest BCUT2D eigenvalue weighted by molar-refractivity contribution is 0.174. The maximum absolute atomic E-state index is 5.72. The van der Waals surface area contributed by atoms with Crippen molar-refractivity contribution in [3.8, 4) is 11.5 Å². The molecular weight excluding hydrogens is 346 g/mol. The van der Waals surface area contributed by atoms with E-state index >= 15 is 0 Å². The Bertz CT molecular complexity index is 1380. The number of ether oxygens (including phenoxy) is 2. The number of unbranched alkanes of at least 4 members (excludes halogenated alkanes) is 1. The summed E-state index contributed by atoms with van der Waals surface area (Å²) in [7, 11) is 0. The highest BCUT2D eigenvalue weighted by Gasteiger charge is 2.21. The van der Waals surface area contributed by atoms with Crippen molar-refractivity contribution >= 4 is 43.4 Å². The molecule has 1 aliphatic rings. The van der Waals surface area contributed by atoms with Crippen LogP contribution in [0.25, 0.3) is 43.4 Å². The minimum absolute atomic E-state index is 0.297. The van der Waals surface area contributed by atoms with Crippen molar-refractivity contribution in [3.05, 3.63) is 60.7 Å². The zero-order valence-electron chi connectivity index (χ0n) is 15.9. The Morgan fingerprint density at radius 2 is 1.46 bits per heavy atom. The third-order valence-corrected chi connectivity index (χ3v) is 5.96. The molecule has 28 heavy (non-hydrogen) atoms. The summed E-state index contributed by atoms with van der Waals surface area (Å²) in [6.07, 6.45) is 2.35. The first-order valence-electron chi connectivity index (χ1n) is 10.0. The molecule has 3 nitrogen and oxygen atoms in total. The first-order chi connectivity index (χ1) is 13.9. The molecule has 4 aromatic carbocycles. The summed E-state index contributed by atoms with van der Waals surface area (Å²) in [6, 6.07) is 21.8. The standard InChI is InChI=1S/C25H21NO2/c1-2-3-12-26-21-11-7-6-10-18(21)24-20-14-23-22(27-15-28-23)13-19(20)16-8-4-5-9-17(16)25(24)26/h4-11,13-14H,2-3,12,15H2,1H3. The van der Waals surface area contributed by atoms with E-state index in [1.54, 1.807) is 0 Å². The summed E-state index contributed by atoms with van der Waals surface area (Å²) in [4.78, 5) is 0. The van der Waals surface area contributed by atoms with E-state index in [4.69, 9.17) is 9.47 Å². The fourth-order valence-electron chi connectivity index (χ4n) is 4.70. The van der Waals surface area contributed by atoms with E-state index in [2.05, 4.69) is 72.2 Å². The minimum Gasteiger partial charge on any atom is -0.454 e. The Balaban J connectivity index is 1.90. The number of nitrogens with zero attached hydrogens (tertiary/aromatic N) is 1. The Hall–Kier alpha value is -3.20. The van der Waals surface area contributed by atoms with Gasteiger partial charge in [0.2, 0.25) is 6.79 Å². The molecule has 1 aromatic heterocycles. The highest BCUT2D eigenvalue weighted by Crippen LogP contribution is 2.45. The van der Waals surface area contributed by atoms with Crippen molar-refractivity contribution in [2.75, 3.05) is 6.79 Å². The Morgan fingerprint density at radius 3 is 2.25 bits per heavy atom. The second-order valence-corrected chi connectivity index (χ2v) is 7.54. The van der Waals surface area contributed by atoms with Gasteiger partial charge >= 0.3 is 0 Å². The number of benzene rings is 4. The molecule has 0 spiro atoms. The van der Waals surface area contributed by atoms with Gasteiger partial charge in [-0.1, -0.05) is 55.8 Å². The molecule has 2 heterocycles. The molecule has 0 fully saturated rings. The van der Waals surface area contributed by atoms with E-state index in [9.17, 15) is 0 Å². The van der Waals surface area contributed by atoms with Gasteiger partial charge in [0.05, 0.1) is 5.52 Å². The van der Waals surface area contributed by atoms with E-state index in [0.717, 1.165) is 18.0 Å². The van der Waals surface area contributed by atoms with Crippen molar-refractivity contribution in [3.63, 3.8) is 0 Å². The van der Waals surface area contributed by atoms with Gasteiger partial charge < -0.3 is 14.0 Å². The SMILES string of the molecule is CCCCn1c2ccccc2c2c3cc4c(cc3c3ccccc3c21)OCO4. The van der Waals surface area contributed by atoms with Crippen LogP contribution in [0.5, 0.6) is 11.5 Å². The fourth-order valence-corrected chi connectivity index (χ4v) is 4.70. The summed E-state index contributed by atoms with van der Waals surface area (Å²) >= 11 is 0. The molecule has 0 saturated heterocycles. The van der Waals surface area contributed by atoms with Crippen LogP contribution in [0, 0.1) is 0 Å². The summed E-state index contributed by atoms with van der Waals surface area (Å²) in [6.45, 7) is 3.58. The summed E-state index contributed by atoms with van der Waals surface area (Å²) in [5.41, 5.74) is 2.64. The van der Waals surface area contributed by atoms with Crippen molar-refractivity contribution in [1.29, 1.82) is 0 Å². The molecule has 0 saturated carbocycles. The topological polar surface area (TPSA) is 23.4 Å². The number of aryl methyl sites for hydroxylation is 1. The van der Waals surface area contributed by atoms with Crippen molar-refractivity contribution < 1.29 is 9.47 Å². The Labute approximate surface area is 163 Å². The van der Waals surface area contributed by atoms with Crippen molar-refractivity contribution in [2.45, 2.75) is 26.3 Å².